The van der Waals surface area contributed by atoms with Crippen molar-refractivity contribution < 1.29 is 27.1 Å². The van der Waals surface area contributed by atoms with Gasteiger partial charge in [-0.05, 0) is 42.1 Å². The molecule has 0 fully saturated rings. The summed E-state index contributed by atoms with van der Waals surface area (Å²) in [5.41, 5.74) is 0.692. The van der Waals surface area contributed by atoms with Gasteiger partial charge in [0.05, 0.1) is 28.6 Å². The van der Waals surface area contributed by atoms with E-state index in [0.717, 1.165) is 22.7 Å². The van der Waals surface area contributed by atoms with Gasteiger partial charge >= 0.3 is 5.97 Å². The third kappa shape index (κ3) is 6.21. The maximum Gasteiger partial charge on any atom is 0.311 e. The number of hydrogen-bond donors (Lipinski definition) is 1. The Morgan fingerprint density at radius 2 is 2.00 bits per heavy atom. The van der Waals surface area contributed by atoms with Gasteiger partial charge in [0.25, 0.3) is 5.91 Å². The van der Waals surface area contributed by atoms with Crippen LogP contribution in [0.25, 0.3) is 0 Å². The number of halogens is 3. The van der Waals surface area contributed by atoms with Gasteiger partial charge in [-0.25, -0.2) is 17.8 Å². The molecule has 4 rings (SSSR count). The van der Waals surface area contributed by atoms with Crippen LogP contribution in [0.5, 0.6) is 0 Å². The second kappa shape index (κ2) is 11.3. The van der Waals surface area contributed by atoms with Crippen LogP contribution in [0.3, 0.4) is 0 Å². The maximum absolute atomic E-state index is 14.0. The van der Waals surface area contributed by atoms with E-state index in [0.29, 0.717) is 5.56 Å². The summed E-state index contributed by atoms with van der Waals surface area (Å²) in [7, 11) is -3.90. The number of nitrogens with zero attached hydrogens (tertiary/aromatic N) is 2. The monoisotopic (exact) mass is 601 g/mol. The zero-order chi connectivity index (χ0) is 26.7. The molecule has 194 valence electrons. The van der Waals surface area contributed by atoms with Crippen LogP contribution >= 0.6 is 45.9 Å². The summed E-state index contributed by atoms with van der Waals surface area (Å²) in [5, 5.41) is 4.28. The minimum absolute atomic E-state index is 0.0104. The summed E-state index contributed by atoms with van der Waals surface area (Å²) in [5.74, 6) is -1.83. The minimum atomic E-state index is -3.90. The lowest BCUT2D eigenvalue weighted by molar-refractivity contribution is -0.142. The maximum atomic E-state index is 14.0. The van der Waals surface area contributed by atoms with Crippen LogP contribution in [0.4, 0.5) is 9.52 Å². The van der Waals surface area contributed by atoms with E-state index in [2.05, 4.69) is 10.3 Å². The van der Waals surface area contributed by atoms with Gasteiger partial charge in [0, 0.05) is 12.7 Å². The van der Waals surface area contributed by atoms with Gasteiger partial charge in [0.2, 0.25) is 9.84 Å². The fourth-order valence-electron chi connectivity index (χ4n) is 3.32. The second-order valence-corrected chi connectivity index (χ2v) is 12.7. The largest absolute Gasteiger partial charge is 0.466 e. The number of carbonyl (C=O) groups is 2. The highest BCUT2D eigenvalue weighted by Gasteiger charge is 2.25. The first kappa shape index (κ1) is 27.3. The van der Waals surface area contributed by atoms with Crippen LogP contribution in [0.2, 0.25) is 9.36 Å². The Bertz CT molecular complexity index is 1570. The minimum Gasteiger partial charge on any atom is -0.466 e. The molecule has 0 aliphatic heterocycles. The highest BCUT2D eigenvalue weighted by molar-refractivity contribution is 7.93. The van der Waals surface area contributed by atoms with Crippen molar-refractivity contribution in [2.45, 2.75) is 29.0 Å². The lowest BCUT2D eigenvalue weighted by atomic mass is 10.2. The van der Waals surface area contributed by atoms with E-state index >= 15 is 0 Å². The highest BCUT2D eigenvalue weighted by atomic mass is 35.5. The van der Waals surface area contributed by atoms with Gasteiger partial charge in [-0.3, -0.25) is 14.9 Å². The van der Waals surface area contributed by atoms with Crippen LogP contribution in [0.15, 0.2) is 57.1 Å². The van der Waals surface area contributed by atoms with E-state index in [-0.39, 0.29) is 54.6 Å². The molecule has 0 unspecified atom stereocenters. The fraction of sp³-hybridized carbons (Fsp3) is 0.174. The molecule has 0 spiro atoms. The van der Waals surface area contributed by atoms with Crippen molar-refractivity contribution in [3.05, 3.63) is 80.1 Å². The van der Waals surface area contributed by atoms with E-state index in [1.807, 2.05) is 0 Å². The van der Waals surface area contributed by atoms with Gasteiger partial charge in [-0.2, -0.15) is 0 Å². The number of esters is 1. The molecule has 0 saturated carbocycles. The molecule has 8 nitrogen and oxygen atoms in total. The topological polar surface area (TPSA) is 107 Å². The molecule has 37 heavy (non-hydrogen) atoms. The average Bonchev–Trinajstić information content (AvgIpc) is 3.58. The summed E-state index contributed by atoms with van der Waals surface area (Å²) in [4.78, 5) is 29.1. The standard InChI is InChI=1S/C23H18Cl2FN3O5S3/c1-2-34-19(30)10-17-21(25)36-23(27-17)28-22(31)18-9-14(37(32,33)20-4-3-7-35-20)12-29(18)11-13-5-6-15(24)16(26)8-13/h3-9,12H,2,10-11H2,1H3,(H,27,28,31). The number of aromatic nitrogens is 2. The second-order valence-electron chi connectivity index (χ2n) is 7.55. The molecule has 1 amide bonds. The molecule has 0 saturated heterocycles. The zero-order valence-electron chi connectivity index (χ0n) is 19.0. The number of nitrogens with one attached hydrogen (secondary N) is 1. The molecule has 0 aliphatic carbocycles. The molecule has 0 bridgehead atoms. The van der Waals surface area contributed by atoms with Gasteiger partial charge in [0.1, 0.15) is 20.1 Å². The molecular weight excluding hydrogens is 584 g/mol. The first-order valence-electron chi connectivity index (χ1n) is 10.6. The number of benzene rings is 1. The molecular formula is C23H18Cl2FN3O5S3. The summed E-state index contributed by atoms with van der Waals surface area (Å²) in [6, 6.07) is 8.47. The SMILES string of the molecule is CCOC(=O)Cc1nc(NC(=O)c2cc(S(=O)(=O)c3cccs3)cn2Cc2ccc(Cl)c(F)c2)sc1Cl. The number of thiophene rings is 1. The normalized spacial score (nSPS) is 11.5. The van der Waals surface area contributed by atoms with Gasteiger partial charge < -0.3 is 9.30 Å². The molecule has 0 aliphatic rings. The molecule has 1 aromatic carbocycles. The predicted octanol–water partition coefficient (Wildman–Crippen LogP) is 5.69. The molecule has 3 heterocycles. The summed E-state index contributed by atoms with van der Waals surface area (Å²) < 4.78 is 46.9. The molecule has 1 N–H and O–H groups in total. The van der Waals surface area contributed by atoms with Gasteiger partial charge in [-0.15, -0.1) is 11.3 Å². The van der Waals surface area contributed by atoms with Crippen molar-refractivity contribution in [2.24, 2.45) is 0 Å². The number of sulfone groups is 1. The summed E-state index contributed by atoms with van der Waals surface area (Å²) in [6.07, 6.45) is 1.15. The molecule has 14 heteroatoms. The Hall–Kier alpha value is -2.77. The molecule has 0 radical (unpaired) electrons. The summed E-state index contributed by atoms with van der Waals surface area (Å²) >= 11 is 13.9. The average molecular weight is 603 g/mol. The molecule has 3 aromatic heterocycles. The lowest BCUT2D eigenvalue weighted by Crippen LogP contribution is -2.17. The van der Waals surface area contributed by atoms with Crippen molar-refractivity contribution in [3.8, 4) is 0 Å². The Morgan fingerprint density at radius 1 is 1.22 bits per heavy atom. The number of rotatable bonds is 9. The van der Waals surface area contributed by atoms with Crippen molar-refractivity contribution in [2.75, 3.05) is 11.9 Å². The summed E-state index contributed by atoms with van der Waals surface area (Å²) in [6.45, 7) is 1.87. The van der Waals surface area contributed by atoms with E-state index < -0.39 is 27.5 Å². The van der Waals surface area contributed by atoms with E-state index in [9.17, 15) is 22.4 Å². The van der Waals surface area contributed by atoms with Crippen molar-refractivity contribution >= 4 is 72.7 Å². The fourth-order valence-corrected chi connectivity index (χ4v) is 6.91. The van der Waals surface area contributed by atoms with Gasteiger partial charge in [-0.1, -0.05) is 46.7 Å². The lowest BCUT2D eigenvalue weighted by Gasteiger charge is -2.09. The van der Waals surface area contributed by atoms with Crippen molar-refractivity contribution in [3.63, 3.8) is 0 Å². The Balaban J connectivity index is 1.66. The quantitative estimate of drug-likeness (QED) is 0.247. The first-order valence-corrected chi connectivity index (χ1v) is 14.6. The third-order valence-electron chi connectivity index (χ3n) is 5.00. The Morgan fingerprint density at radius 3 is 2.68 bits per heavy atom. The Kier molecular flexibility index (Phi) is 8.34. The molecule has 4 aromatic rings. The van der Waals surface area contributed by atoms with Gasteiger partial charge in [0.15, 0.2) is 5.13 Å². The van der Waals surface area contributed by atoms with Crippen LogP contribution in [-0.4, -0.2) is 36.5 Å². The van der Waals surface area contributed by atoms with E-state index in [1.54, 1.807) is 24.4 Å². The number of hydrogen-bond acceptors (Lipinski definition) is 8. The van der Waals surface area contributed by atoms with Crippen LogP contribution in [-0.2, 0) is 32.3 Å². The number of amides is 1. The smallest absolute Gasteiger partial charge is 0.311 e. The number of thiazole rings is 1. The predicted molar refractivity (Wildman–Crippen MR) is 140 cm³/mol. The van der Waals surface area contributed by atoms with Crippen LogP contribution in [0.1, 0.15) is 28.7 Å². The van der Waals surface area contributed by atoms with Crippen LogP contribution in [0, 0.1) is 5.82 Å². The van der Waals surface area contributed by atoms with Crippen molar-refractivity contribution in [1.29, 1.82) is 0 Å². The van der Waals surface area contributed by atoms with E-state index in [1.165, 1.54) is 35.0 Å². The third-order valence-corrected chi connectivity index (χ3v) is 9.67. The number of ether oxygens (including phenoxy) is 1. The number of carbonyl (C=O) groups excluding carboxylic acids is 2. The van der Waals surface area contributed by atoms with E-state index in [4.69, 9.17) is 27.9 Å². The molecule has 0 atom stereocenters. The Labute approximate surface area is 229 Å². The van der Waals surface area contributed by atoms with Crippen LogP contribution < -0.4 is 5.32 Å². The first-order chi connectivity index (χ1) is 17.6. The van der Waals surface area contributed by atoms with Crippen molar-refractivity contribution in [1.82, 2.24) is 9.55 Å². The number of anilines is 1. The highest BCUT2D eigenvalue weighted by Crippen LogP contribution is 2.30. The zero-order valence-corrected chi connectivity index (χ0v) is 23.0.